The van der Waals surface area contributed by atoms with Crippen molar-refractivity contribution in [1.29, 1.82) is 0 Å². The predicted octanol–water partition coefficient (Wildman–Crippen LogP) is 2.81. The largest absolute Gasteiger partial charge is 0.493 e. The van der Waals surface area contributed by atoms with Crippen molar-refractivity contribution < 1.29 is 14.2 Å². The van der Waals surface area contributed by atoms with Gasteiger partial charge in [0.15, 0.2) is 11.5 Å². The Morgan fingerprint density at radius 3 is 2.09 bits per heavy atom. The molecule has 1 aromatic heterocycles. The van der Waals surface area contributed by atoms with Crippen LogP contribution in [-0.4, -0.2) is 45.4 Å². The molecule has 2 rings (SSSR count). The highest BCUT2D eigenvalue weighted by molar-refractivity contribution is 6.30. The highest BCUT2D eigenvalue weighted by atomic mass is 35.5. The minimum absolute atomic E-state index is 0.428. The van der Waals surface area contributed by atoms with Crippen molar-refractivity contribution in [2.24, 2.45) is 0 Å². The lowest BCUT2D eigenvalue weighted by atomic mass is 10.1. The van der Waals surface area contributed by atoms with Gasteiger partial charge in [-0.25, -0.2) is 9.97 Å². The van der Waals surface area contributed by atoms with Gasteiger partial charge < -0.3 is 19.1 Å². The second-order valence-electron chi connectivity index (χ2n) is 5.09. The molecule has 0 saturated heterocycles. The molecule has 0 amide bonds. The molecule has 0 bridgehead atoms. The fourth-order valence-electron chi connectivity index (χ4n) is 2.17. The highest BCUT2D eigenvalue weighted by Gasteiger charge is 2.15. The van der Waals surface area contributed by atoms with E-state index in [1.54, 1.807) is 32.4 Å². The summed E-state index contributed by atoms with van der Waals surface area (Å²) in [6, 6.07) is 3.77. The van der Waals surface area contributed by atoms with Crippen LogP contribution in [0.1, 0.15) is 11.1 Å². The van der Waals surface area contributed by atoms with Gasteiger partial charge in [0.1, 0.15) is 5.15 Å². The number of methoxy groups -OCH3 is 3. The second kappa shape index (κ2) is 7.37. The molecule has 1 heterocycles. The fourth-order valence-corrected chi connectivity index (χ4v) is 2.36. The summed E-state index contributed by atoms with van der Waals surface area (Å²) in [6.45, 7) is 0. The number of hydrogen-bond acceptors (Lipinski definition) is 6. The fraction of sp³-hybridized carbons (Fsp3) is 0.375. The molecule has 0 radical (unpaired) electrons. The van der Waals surface area contributed by atoms with Gasteiger partial charge in [-0.1, -0.05) is 11.6 Å². The van der Waals surface area contributed by atoms with Crippen LogP contribution in [0.5, 0.6) is 17.2 Å². The van der Waals surface area contributed by atoms with Gasteiger partial charge in [0.05, 0.1) is 21.3 Å². The minimum Gasteiger partial charge on any atom is -0.493 e. The first kappa shape index (κ1) is 17.1. The van der Waals surface area contributed by atoms with Crippen molar-refractivity contribution in [1.82, 2.24) is 9.97 Å². The van der Waals surface area contributed by atoms with Gasteiger partial charge >= 0.3 is 0 Å². The molecular weight excluding hydrogens is 318 g/mol. The molecular formula is C16H20ClN3O3. The van der Waals surface area contributed by atoms with Crippen molar-refractivity contribution in [3.63, 3.8) is 0 Å². The summed E-state index contributed by atoms with van der Waals surface area (Å²) in [5.41, 5.74) is 1.79. The SMILES string of the molecule is COc1cc(Cc2cnc(N(C)C)nc2Cl)cc(OC)c1OC. The zero-order valence-corrected chi connectivity index (χ0v) is 14.6. The minimum atomic E-state index is 0.428. The first-order valence-corrected chi connectivity index (χ1v) is 7.35. The molecule has 0 spiro atoms. The van der Waals surface area contributed by atoms with E-state index in [1.807, 2.05) is 26.2 Å². The number of benzene rings is 1. The third-order valence-corrected chi connectivity index (χ3v) is 3.65. The average molecular weight is 338 g/mol. The second-order valence-corrected chi connectivity index (χ2v) is 5.45. The lowest BCUT2D eigenvalue weighted by molar-refractivity contribution is 0.324. The molecule has 0 aliphatic rings. The van der Waals surface area contributed by atoms with E-state index in [0.717, 1.165) is 11.1 Å². The summed E-state index contributed by atoms with van der Waals surface area (Å²) in [4.78, 5) is 10.4. The average Bonchev–Trinajstić information content (AvgIpc) is 2.55. The summed E-state index contributed by atoms with van der Waals surface area (Å²) >= 11 is 6.26. The molecule has 7 heteroatoms. The van der Waals surface area contributed by atoms with Crippen LogP contribution in [0.15, 0.2) is 18.3 Å². The van der Waals surface area contributed by atoms with Crippen LogP contribution in [0.4, 0.5) is 5.95 Å². The monoisotopic (exact) mass is 337 g/mol. The number of anilines is 1. The maximum Gasteiger partial charge on any atom is 0.226 e. The van der Waals surface area contributed by atoms with Gasteiger partial charge in [-0.05, 0) is 17.7 Å². The van der Waals surface area contributed by atoms with E-state index in [9.17, 15) is 0 Å². The van der Waals surface area contributed by atoms with E-state index in [1.165, 1.54) is 0 Å². The first-order chi connectivity index (χ1) is 11.0. The standard InChI is InChI=1S/C16H20ClN3O3/c1-20(2)16-18-9-11(15(17)19-16)6-10-7-12(21-3)14(23-5)13(8-10)22-4/h7-9H,6H2,1-5H3. The first-order valence-electron chi connectivity index (χ1n) is 6.97. The highest BCUT2D eigenvalue weighted by Crippen LogP contribution is 2.38. The van der Waals surface area contributed by atoms with Gasteiger partial charge in [0.2, 0.25) is 11.7 Å². The van der Waals surface area contributed by atoms with Crippen LogP contribution in [0.25, 0.3) is 0 Å². The molecule has 0 fully saturated rings. The number of hydrogen-bond donors (Lipinski definition) is 0. The molecule has 0 saturated carbocycles. The summed E-state index contributed by atoms with van der Waals surface area (Å²) in [5.74, 6) is 2.33. The van der Waals surface area contributed by atoms with Crippen LogP contribution in [0.3, 0.4) is 0 Å². The predicted molar refractivity (Wildman–Crippen MR) is 90.3 cm³/mol. The lowest BCUT2D eigenvalue weighted by Gasteiger charge is -2.15. The number of nitrogens with zero attached hydrogens (tertiary/aromatic N) is 3. The molecule has 0 N–H and O–H groups in total. The van der Waals surface area contributed by atoms with E-state index in [-0.39, 0.29) is 0 Å². The van der Waals surface area contributed by atoms with Gasteiger partial charge in [-0.2, -0.15) is 0 Å². The smallest absolute Gasteiger partial charge is 0.226 e. The molecule has 23 heavy (non-hydrogen) atoms. The number of rotatable bonds is 6. The Hall–Kier alpha value is -2.21. The Morgan fingerprint density at radius 2 is 1.65 bits per heavy atom. The molecule has 0 aliphatic heterocycles. The van der Waals surface area contributed by atoms with Crippen LogP contribution >= 0.6 is 11.6 Å². The normalized spacial score (nSPS) is 10.3. The zero-order chi connectivity index (χ0) is 17.0. The Bertz CT molecular complexity index is 667. The topological polar surface area (TPSA) is 56.7 Å². The molecule has 0 unspecified atom stereocenters. The van der Waals surface area contributed by atoms with E-state index in [4.69, 9.17) is 25.8 Å². The van der Waals surface area contributed by atoms with Crippen molar-refractivity contribution >= 4 is 17.5 Å². The third-order valence-electron chi connectivity index (χ3n) is 3.32. The van der Waals surface area contributed by atoms with Gasteiger partial charge in [-0.15, -0.1) is 0 Å². The van der Waals surface area contributed by atoms with E-state index >= 15 is 0 Å². The number of halogens is 1. The number of ether oxygens (including phenoxy) is 3. The van der Waals surface area contributed by atoms with Crippen LogP contribution in [0.2, 0.25) is 5.15 Å². The van der Waals surface area contributed by atoms with E-state index in [2.05, 4.69) is 9.97 Å². The van der Waals surface area contributed by atoms with E-state index in [0.29, 0.717) is 34.8 Å². The maximum atomic E-state index is 6.26. The molecule has 1 aromatic carbocycles. The molecule has 124 valence electrons. The van der Waals surface area contributed by atoms with Gasteiger partial charge in [-0.3, -0.25) is 0 Å². The van der Waals surface area contributed by atoms with Crippen molar-refractivity contribution in [3.05, 3.63) is 34.6 Å². The molecule has 0 atom stereocenters. The summed E-state index contributed by atoms with van der Waals surface area (Å²) in [6.07, 6.45) is 2.29. The zero-order valence-electron chi connectivity index (χ0n) is 13.9. The summed E-state index contributed by atoms with van der Waals surface area (Å²) in [7, 11) is 8.48. The van der Waals surface area contributed by atoms with Crippen molar-refractivity contribution in [2.45, 2.75) is 6.42 Å². The summed E-state index contributed by atoms with van der Waals surface area (Å²) < 4.78 is 16.0. The lowest BCUT2D eigenvalue weighted by Crippen LogP contribution is -2.13. The van der Waals surface area contributed by atoms with Crippen LogP contribution in [0, 0.1) is 0 Å². The van der Waals surface area contributed by atoms with Crippen LogP contribution in [-0.2, 0) is 6.42 Å². The Labute approximate surface area is 141 Å². The maximum absolute atomic E-state index is 6.26. The molecule has 2 aromatic rings. The van der Waals surface area contributed by atoms with Crippen LogP contribution < -0.4 is 19.1 Å². The molecule has 6 nitrogen and oxygen atoms in total. The Kier molecular flexibility index (Phi) is 5.50. The molecule has 0 aliphatic carbocycles. The quantitative estimate of drug-likeness (QED) is 0.755. The Morgan fingerprint density at radius 1 is 1.04 bits per heavy atom. The van der Waals surface area contributed by atoms with Crippen molar-refractivity contribution in [3.8, 4) is 17.2 Å². The Balaban J connectivity index is 2.36. The van der Waals surface area contributed by atoms with Gasteiger partial charge in [0, 0.05) is 32.3 Å². The van der Waals surface area contributed by atoms with E-state index < -0.39 is 0 Å². The third kappa shape index (κ3) is 3.76. The summed E-state index contributed by atoms with van der Waals surface area (Å²) in [5, 5.41) is 0.428. The van der Waals surface area contributed by atoms with Gasteiger partial charge in [0.25, 0.3) is 0 Å². The number of aromatic nitrogens is 2. The van der Waals surface area contributed by atoms with Crippen molar-refractivity contribution in [2.75, 3.05) is 40.3 Å².